The molecule has 1 aromatic heterocycles. The van der Waals surface area contributed by atoms with Gasteiger partial charge in [0.2, 0.25) is 0 Å². The van der Waals surface area contributed by atoms with Crippen LogP contribution in [0, 0.1) is 0 Å². The molecule has 3 heterocycles. The zero-order valence-electron chi connectivity index (χ0n) is 14.9. The number of benzene rings is 2. The van der Waals surface area contributed by atoms with Crippen molar-refractivity contribution in [3.63, 3.8) is 0 Å². The average molecular weight is 375 g/mol. The second-order valence-corrected chi connectivity index (χ2v) is 6.88. The van der Waals surface area contributed by atoms with Gasteiger partial charge < -0.3 is 19.7 Å². The van der Waals surface area contributed by atoms with Gasteiger partial charge in [0.1, 0.15) is 23.4 Å². The summed E-state index contributed by atoms with van der Waals surface area (Å²) in [5, 5.41) is 4.60. The molecule has 1 amide bonds. The van der Waals surface area contributed by atoms with Gasteiger partial charge in [-0.2, -0.15) is 0 Å². The number of anilines is 1. The molecule has 2 unspecified atom stereocenters. The number of ether oxygens (including phenoxy) is 2. The Bertz CT molecular complexity index is 1050. The highest BCUT2D eigenvalue weighted by atomic mass is 16.6. The first-order chi connectivity index (χ1) is 13.7. The van der Waals surface area contributed by atoms with Gasteiger partial charge in [-0.3, -0.25) is 4.79 Å². The highest BCUT2D eigenvalue weighted by Crippen LogP contribution is 2.35. The Kier molecular flexibility index (Phi) is 3.86. The van der Waals surface area contributed by atoms with Gasteiger partial charge in [0.25, 0.3) is 0 Å². The molecule has 0 bridgehead atoms. The molecule has 28 heavy (non-hydrogen) atoms. The van der Waals surface area contributed by atoms with Crippen LogP contribution in [-0.2, 0) is 4.74 Å². The number of nitrogens with one attached hydrogen (secondary N) is 1. The number of aldehydes is 1. The number of para-hydroxylation sites is 1. The monoisotopic (exact) mass is 375 g/mol. The summed E-state index contributed by atoms with van der Waals surface area (Å²) < 4.78 is 11.3. The number of hydrogen-bond donors (Lipinski definition) is 1. The minimum absolute atomic E-state index is 0.0427. The van der Waals surface area contributed by atoms with E-state index in [0.29, 0.717) is 30.2 Å². The number of pyridine rings is 1. The molecule has 0 aliphatic carbocycles. The molecular weight excluding hydrogens is 358 g/mol. The molecule has 0 saturated carbocycles. The largest absolute Gasteiger partial charge is 0.457 e. The van der Waals surface area contributed by atoms with Gasteiger partial charge in [-0.25, -0.2) is 9.78 Å². The number of nitrogens with zero attached hydrogens (tertiary/aromatic N) is 2. The summed E-state index contributed by atoms with van der Waals surface area (Å²) in [4.78, 5) is 29.6. The standard InChI is InChI=1S/C21H17N3O4/c25-12-14-8-13-6-7-22-20(24-10-17-19(11-24)28-21(26)23-17)16(13)9-18(14)27-15-4-2-1-3-5-15/h1-9,12,17,19H,10-11H2,(H,23,26). The number of amides is 1. The van der Waals surface area contributed by atoms with E-state index >= 15 is 0 Å². The minimum atomic E-state index is -0.366. The van der Waals surface area contributed by atoms with Crippen LogP contribution in [0.5, 0.6) is 11.5 Å². The van der Waals surface area contributed by atoms with Crippen LogP contribution in [0.2, 0.25) is 0 Å². The van der Waals surface area contributed by atoms with Gasteiger partial charge in [-0.1, -0.05) is 18.2 Å². The molecule has 7 nitrogen and oxygen atoms in total. The molecule has 0 radical (unpaired) electrons. The van der Waals surface area contributed by atoms with Crippen LogP contribution in [-0.4, -0.2) is 42.6 Å². The van der Waals surface area contributed by atoms with Crippen LogP contribution in [0.4, 0.5) is 10.6 Å². The number of alkyl carbamates (subject to hydrolysis) is 1. The van der Waals surface area contributed by atoms with E-state index in [-0.39, 0.29) is 18.2 Å². The Morgan fingerprint density at radius 2 is 2.04 bits per heavy atom. The number of aromatic nitrogens is 1. The SMILES string of the molecule is O=Cc1cc2ccnc(N3CC4NC(=O)OC4C3)c2cc1Oc1ccccc1. The molecule has 2 saturated heterocycles. The van der Waals surface area contributed by atoms with E-state index in [1.165, 1.54) is 0 Å². The zero-order valence-corrected chi connectivity index (χ0v) is 14.9. The van der Waals surface area contributed by atoms with Gasteiger partial charge in [0, 0.05) is 18.1 Å². The lowest BCUT2D eigenvalue weighted by Gasteiger charge is -2.20. The van der Waals surface area contributed by atoms with Crippen molar-refractivity contribution in [3.05, 3.63) is 60.3 Å². The molecule has 2 aliphatic heterocycles. The van der Waals surface area contributed by atoms with Crippen LogP contribution in [0.15, 0.2) is 54.7 Å². The Labute approximate surface area is 160 Å². The third kappa shape index (κ3) is 2.81. The van der Waals surface area contributed by atoms with E-state index in [1.54, 1.807) is 12.3 Å². The molecule has 2 fully saturated rings. The first-order valence-electron chi connectivity index (χ1n) is 9.04. The van der Waals surface area contributed by atoms with E-state index in [0.717, 1.165) is 22.9 Å². The fourth-order valence-corrected chi connectivity index (χ4v) is 3.78. The Morgan fingerprint density at radius 1 is 1.18 bits per heavy atom. The van der Waals surface area contributed by atoms with Crippen LogP contribution in [0.25, 0.3) is 10.8 Å². The number of fused-ring (bicyclic) bond motifs is 2. The van der Waals surface area contributed by atoms with Crippen molar-refractivity contribution in [3.8, 4) is 11.5 Å². The predicted molar refractivity (Wildman–Crippen MR) is 103 cm³/mol. The van der Waals surface area contributed by atoms with E-state index in [4.69, 9.17) is 9.47 Å². The Morgan fingerprint density at radius 3 is 2.82 bits per heavy atom. The van der Waals surface area contributed by atoms with E-state index in [2.05, 4.69) is 15.2 Å². The van der Waals surface area contributed by atoms with Gasteiger partial charge in [-0.05, 0) is 35.7 Å². The number of carbonyl (C=O) groups is 2. The number of rotatable bonds is 4. The summed E-state index contributed by atoms with van der Waals surface area (Å²) in [5.41, 5.74) is 0.474. The van der Waals surface area contributed by atoms with Crippen molar-refractivity contribution in [2.75, 3.05) is 18.0 Å². The lowest BCUT2D eigenvalue weighted by molar-refractivity contribution is 0.112. The fourth-order valence-electron chi connectivity index (χ4n) is 3.78. The molecule has 140 valence electrons. The molecule has 2 aromatic carbocycles. The van der Waals surface area contributed by atoms with Crippen LogP contribution in [0.3, 0.4) is 0 Å². The number of hydrogen-bond acceptors (Lipinski definition) is 6. The first-order valence-corrected chi connectivity index (χ1v) is 9.04. The van der Waals surface area contributed by atoms with Crippen molar-refractivity contribution in [1.29, 1.82) is 0 Å². The predicted octanol–water partition coefficient (Wildman–Crippen LogP) is 3.14. The maximum absolute atomic E-state index is 11.6. The second kappa shape index (κ2) is 6.53. The molecule has 1 N–H and O–H groups in total. The third-order valence-corrected chi connectivity index (χ3v) is 5.10. The lowest BCUT2D eigenvalue weighted by atomic mass is 10.1. The maximum atomic E-state index is 11.6. The fraction of sp³-hybridized carbons (Fsp3) is 0.190. The van der Waals surface area contributed by atoms with Crippen LogP contribution >= 0.6 is 0 Å². The van der Waals surface area contributed by atoms with Crippen molar-refractivity contribution < 1.29 is 19.1 Å². The summed E-state index contributed by atoms with van der Waals surface area (Å²) in [6.07, 6.45) is 1.97. The normalized spacial score (nSPS) is 20.6. The van der Waals surface area contributed by atoms with Crippen molar-refractivity contribution in [2.24, 2.45) is 0 Å². The summed E-state index contributed by atoms with van der Waals surface area (Å²) in [5.74, 6) is 1.91. The molecule has 3 aromatic rings. The smallest absolute Gasteiger partial charge is 0.407 e. The summed E-state index contributed by atoms with van der Waals surface area (Å²) >= 11 is 0. The zero-order chi connectivity index (χ0) is 19.1. The number of carbonyl (C=O) groups excluding carboxylic acids is 2. The van der Waals surface area contributed by atoms with E-state index in [1.807, 2.05) is 42.5 Å². The highest BCUT2D eigenvalue weighted by molar-refractivity contribution is 5.98. The second-order valence-electron chi connectivity index (χ2n) is 6.88. The van der Waals surface area contributed by atoms with Crippen LogP contribution < -0.4 is 15.0 Å². The van der Waals surface area contributed by atoms with Gasteiger partial charge >= 0.3 is 6.09 Å². The van der Waals surface area contributed by atoms with E-state index < -0.39 is 0 Å². The average Bonchev–Trinajstić information content (AvgIpc) is 3.25. The van der Waals surface area contributed by atoms with Crippen molar-refractivity contribution >= 4 is 29.0 Å². The molecular formula is C21H17N3O4. The topological polar surface area (TPSA) is 80.8 Å². The molecule has 2 aliphatic rings. The minimum Gasteiger partial charge on any atom is -0.457 e. The third-order valence-electron chi connectivity index (χ3n) is 5.10. The molecule has 2 atom stereocenters. The summed E-state index contributed by atoms with van der Waals surface area (Å²) in [6.45, 7) is 1.19. The molecule has 0 spiro atoms. The Hall–Kier alpha value is -3.61. The Balaban J connectivity index is 1.54. The summed E-state index contributed by atoms with van der Waals surface area (Å²) in [7, 11) is 0. The summed E-state index contributed by atoms with van der Waals surface area (Å²) in [6, 6.07) is 14.8. The van der Waals surface area contributed by atoms with Gasteiger partial charge in [0.15, 0.2) is 6.29 Å². The van der Waals surface area contributed by atoms with Crippen molar-refractivity contribution in [1.82, 2.24) is 10.3 Å². The maximum Gasteiger partial charge on any atom is 0.407 e. The van der Waals surface area contributed by atoms with E-state index in [9.17, 15) is 9.59 Å². The van der Waals surface area contributed by atoms with Gasteiger partial charge in [0.05, 0.1) is 18.2 Å². The van der Waals surface area contributed by atoms with Gasteiger partial charge in [-0.15, -0.1) is 0 Å². The molecule has 7 heteroatoms. The van der Waals surface area contributed by atoms with Crippen LogP contribution in [0.1, 0.15) is 10.4 Å². The first kappa shape index (κ1) is 16.6. The highest BCUT2D eigenvalue weighted by Gasteiger charge is 2.42. The lowest BCUT2D eigenvalue weighted by Crippen LogP contribution is -2.32. The quantitative estimate of drug-likeness (QED) is 0.706. The molecule has 5 rings (SSSR count). The van der Waals surface area contributed by atoms with Crippen molar-refractivity contribution in [2.45, 2.75) is 12.1 Å².